The maximum Gasteiger partial charge on any atom is 0.407 e. The van der Waals surface area contributed by atoms with Crippen molar-refractivity contribution in [2.75, 3.05) is 13.2 Å². The zero-order valence-electron chi connectivity index (χ0n) is 10.5. The fraction of sp³-hybridized carbons (Fsp3) is 0.231. The lowest BCUT2D eigenvalue weighted by Gasteiger charge is -2.15. The molecule has 1 unspecified atom stereocenters. The number of carbonyl (C=O) groups excluding carboxylic acids is 1. The molecule has 0 heterocycles. The predicted molar refractivity (Wildman–Crippen MR) is 75.7 cm³/mol. The monoisotopic (exact) mass is 343 g/mol. The van der Waals surface area contributed by atoms with E-state index in [1.54, 1.807) is 24.3 Å². The number of hydrogen-bond acceptors (Lipinski definition) is 4. The van der Waals surface area contributed by atoms with E-state index in [2.05, 4.69) is 32.6 Å². The van der Waals surface area contributed by atoms with Crippen molar-refractivity contribution in [2.24, 2.45) is 0 Å². The number of halogens is 1. The minimum atomic E-state index is -1.20. The number of aliphatic carboxylic acids is 1. The van der Waals surface area contributed by atoms with E-state index < -0.39 is 18.2 Å². The third kappa shape index (κ3) is 5.75. The Bertz CT molecular complexity index is 474. The molecular weight excluding hydrogens is 330 g/mol. The number of nitrogens with one attached hydrogen (secondary N) is 1. The van der Waals surface area contributed by atoms with Crippen LogP contribution in [0.3, 0.4) is 0 Å². The highest BCUT2D eigenvalue weighted by molar-refractivity contribution is 9.10. The van der Waals surface area contributed by atoms with Crippen molar-refractivity contribution in [3.05, 3.63) is 41.4 Å². The normalized spacial score (nSPS) is 11.2. The van der Waals surface area contributed by atoms with Crippen LogP contribution in [0.25, 0.3) is 0 Å². The first kappa shape index (κ1) is 16.0. The fourth-order valence-corrected chi connectivity index (χ4v) is 1.48. The largest absolute Gasteiger partial charge is 0.478 e. The van der Waals surface area contributed by atoms with Gasteiger partial charge in [0.25, 0.3) is 0 Å². The van der Waals surface area contributed by atoms with Crippen molar-refractivity contribution < 1.29 is 24.2 Å². The average Bonchev–Trinajstić information content (AvgIpc) is 2.42. The Labute approximate surface area is 124 Å². The number of rotatable bonds is 7. The summed E-state index contributed by atoms with van der Waals surface area (Å²) in [5.41, 5.74) is 0. The molecule has 0 bridgehead atoms. The van der Waals surface area contributed by atoms with Crippen molar-refractivity contribution in [1.82, 2.24) is 5.32 Å². The summed E-state index contributed by atoms with van der Waals surface area (Å²) in [6.07, 6.45) is -0.518. The second-order valence-electron chi connectivity index (χ2n) is 3.67. The number of ether oxygens (including phenoxy) is 2. The van der Waals surface area contributed by atoms with E-state index in [1.807, 2.05) is 0 Å². The molecule has 1 rings (SSSR count). The van der Waals surface area contributed by atoms with E-state index in [-0.39, 0.29) is 13.2 Å². The van der Waals surface area contributed by atoms with E-state index in [9.17, 15) is 9.59 Å². The molecule has 0 aliphatic rings. The molecule has 6 nitrogen and oxygen atoms in total. The third-order valence-electron chi connectivity index (χ3n) is 2.13. The number of carboxylic acids is 1. The summed E-state index contributed by atoms with van der Waals surface area (Å²) in [5, 5.41) is 11.3. The molecule has 0 saturated carbocycles. The molecule has 0 aliphatic heterocycles. The Morgan fingerprint density at radius 2 is 2.05 bits per heavy atom. The van der Waals surface area contributed by atoms with Gasteiger partial charge in [0.2, 0.25) is 6.10 Å². The van der Waals surface area contributed by atoms with E-state index in [4.69, 9.17) is 9.84 Å². The van der Waals surface area contributed by atoms with Gasteiger partial charge in [0.05, 0.1) is 6.54 Å². The second kappa shape index (κ2) is 8.21. The molecule has 20 heavy (non-hydrogen) atoms. The SMILES string of the molecule is C=CCOC(=O)NCC(Oc1ccc(Br)cc1)C(=O)O. The van der Waals surface area contributed by atoms with Gasteiger partial charge in [0.1, 0.15) is 12.4 Å². The fourth-order valence-electron chi connectivity index (χ4n) is 1.22. The van der Waals surface area contributed by atoms with Gasteiger partial charge in [0, 0.05) is 4.47 Å². The van der Waals surface area contributed by atoms with Crippen molar-refractivity contribution in [3.8, 4) is 5.75 Å². The van der Waals surface area contributed by atoms with Crippen LogP contribution in [0.4, 0.5) is 4.79 Å². The van der Waals surface area contributed by atoms with Crippen LogP contribution in [-0.4, -0.2) is 36.4 Å². The summed E-state index contributed by atoms with van der Waals surface area (Å²) >= 11 is 3.26. The van der Waals surface area contributed by atoms with Crippen molar-refractivity contribution in [3.63, 3.8) is 0 Å². The van der Waals surface area contributed by atoms with Crippen molar-refractivity contribution in [2.45, 2.75) is 6.10 Å². The Morgan fingerprint density at radius 1 is 1.40 bits per heavy atom. The highest BCUT2D eigenvalue weighted by atomic mass is 79.9. The minimum absolute atomic E-state index is 0.0527. The van der Waals surface area contributed by atoms with Crippen LogP contribution in [0.5, 0.6) is 5.75 Å². The summed E-state index contributed by atoms with van der Waals surface area (Å²) in [4.78, 5) is 22.2. The number of benzene rings is 1. The molecular formula is C13H14BrNO5. The lowest BCUT2D eigenvalue weighted by atomic mass is 10.3. The highest BCUT2D eigenvalue weighted by Gasteiger charge is 2.20. The van der Waals surface area contributed by atoms with Crippen molar-refractivity contribution in [1.29, 1.82) is 0 Å². The topological polar surface area (TPSA) is 84.9 Å². The van der Waals surface area contributed by atoms with Crippen LogP contribution < -0.4 is 10.1 Å². The van der Waals surface area contributed by atoms with Crippen LogP contribution in [0.2, 0.25) is 0 Å². The lowest BCUT2D eigenvalue weighted by molar-refractivity contribution is -0.144. The molecule has 2 N–H and O–H groups in total. The third-order valence-corrected chi connectivity index (χ3v) is 2.66. The maximum atomic E-state index is 11.2. The van der Waals surface area contributed by atoms with E-state index in [0.29, 0.717) is 5.75 Å². The first-order chi connectivity index (χ1) is 9.52. The Kier molecular flexibility index (Phi) is 6.58. The predicted octanol–water partition coefficient (Wildman–Crippen LogP) is 2.19. The zero-order valence-corrected chi connectivity index (χ0v) is 12.1. The van der Waals surface area contributed by atoms with Gasteiger partial charge in [-0.1, -0.05) is 28.6 Å². The van der Waals surface area contributed by atoms with Gasteiger partial charge in [-0.15, -0.1) is 0 Å². The summed E-state index contributed by atoms with van der Waals surface area (Å²) < 4.78 is 10.8. The summed E-state index contributed by atoms with van der Waals surface area (Å²) in [7, 11) is 0. The molecule has 0 fully saturated rings. The van der Waals surface area contributed by atoms with Crippen LogP contribution in [-0.2, 0) is 9.53 Å². The second-order valence-corrected chi connectivity index (χ2v) is 4.58. The highest BCUT2D eigenvalue weighted by Crippen LogP contribution is 2.17. The molecule has 0 spiro atoms. The first-order valence-corrected chi connectivity index (χ1v) is 6.48. The van der Waals surface area contributed by atoms with Gasteiger partial charge in [-0.25, -0.2) is 9.59 Å². The van der Waals surface area contributed by atoms with Crippen LogP contribution >= 0.6 is 15.9 Å². The molecule has 0 aromatic heterocycles. The van der Waals surface area contributed by atoms with Gasteiger partial charge >= 0.3 is 12.1 Å². The number of carboxylic acid groups (broad SMARTS) is 1. The molecule has 1 atom stereocenters. The Hall–Kier alpha value is -2.02. The van der Waals surface area contributed by atoms with E-state index in [0.717, 1.165) is 4.47 Å². The van der Waals surface area contributed by atoms with Gasteiger partial charge < -0.3 is 19.9 Å². The van der Waals surface area contributed by atoms with E-state index in [1.165, 1.54) is 6.08 Å². The Morgan fingerprint density at radius 3 is 2.60 bits per heavy atom. The molecule has 0 aliphatic carbocycles. The number of hydrogen-bond donors (Lipinski definition) is 2. The maximum absolute atomic E-state index is 11.2. The van der Waals surface area contributed by atoms with Gasteiger partial charge in [0.15, 0.2) is 0 Å². The average molecular weight is 344 g/mol. The van der Waals surface area contributed by atoms with Gasteiger partial charge in [-0.05, 0) is 24.3 Å². The molecule has 1 aromatic rings. The lowest BCUT2D eigenvalue weighted by Crippen LogP contribution is -2.40. The smallest absolute Gasteiger partial charge is 0.407 e. The Balaban J connectivity index is 2.52. The zero-order chi connectivity index (χ0) is 15.0. The number of alkyl carbamates (subject to hydrolysis) is 1. The quantitative estimate of drug-likeness (QED) is 0.741. The molecule has 1 aromatic carbocycles. The molecule has 7 heteroatoms. The minimum Gasteiger partial charge on any atom is -0.478 e. The molecule has 1 amide bonds. The summed E-state index contributed by atoms with van der Waals surface area (Å²) in [6.45, 7) is 3.24. The van der Waals surface area contributed by atoms with Crippen LogP contribution in [0.15, 0.2) is 41.4 Å². The summed E-state index contributed by atoms with van der Waals surface area (Å²) in [6, 6.07) is 6.69. The first-order valence-electron chi connectivity index (χ1n) is 5.69. The molecule has 0 saturated heterocycles. The van der Waals surface area contributed by atoms with Gasteiger partial charge in [-0.3, -0.25) is 0 Å². The van der Waals surface area contributed by atoms with Crippen LogP contribution in [0, 0.1) is 0 Å². The standard InChI is InChI=1S/C13H14BrNO5/c1-2-7-19-13(18)15-8-11(12(16)17)20-10-5-3-9(14)4-6-10/h2-6,11H,1,7-8H2,(H,15,18)(H,16,17). The van der Waals surface area contributed by atoms with E-state index >= 15 is 0 Å². The van der Waals surface area contributed by atoms with Crippen LogP contribution in [0.1, 0.15) is 0 Å². The summed E-state index contributed by atoms with van der Waals surface area (Å²) in [5.74, 6) is -0.793. The molecule has 0 radical (unpaired) electrons. The number of carbonyl (C=O) groups is 2. The molecule has 108 valence electrons. The van der Waals surface area contributed by atoms with Crippen molar-refractivity contribution >= 4 is 28.0 Å². The van der Waals surface area contributed by atoms with Gasteiger partial charge in [-0.2, -0.15) is 0 Å². The number of amides is 1.